The third-order valence-electron chi connectivity index (χ3n) is 8.07. The molecule has 0 radical (unpaired) electrons. The molecule has 0 aromatic heterocycles. The highest BCUT2D eigenvalue weighted by Gasteiger charge is 2.45. The third-order valence-corrected chi connectivity index (χ3v) is 8.07. The summed E-state index contributed by atoms with van der Waals surface area (Å²) < 4.78 is 5.59. The zero-order chi connectivity index (χ0) is 33.1. The summed E-state index contributed by atoms with van der Waals surface area (Å²) >= 11 is 0. The number of aryl methyl sites for hydroxylation is 1. The van der Waals surface area contributed by atoms with Gasteiger partial charge in [0.2, 0.25) is 0 Å². The molecule has 0 fully saturated rings. The van der Waals surface area contributed by atoms with E-state index in [4.69, 9.17) is 4.74 Å². The fourth-order valence-electron chi connectivity index (χ4n) is 5.69. The van der Waals surface area contributed by atoms with Crippen molar-refractivity contribution in [1.82, 2.24) is 10.2 Å². The Bertz CT molecular complexity index is 1590. The van der Waals surface area contributed by atoms with E-state index in [1.54, 1.807) is 24.3 Å². The number of rotatable bonds is 15. The second-order valence-corrected chi connectivity index (χ2v) is 11.9. The molecule has 240 valence electrons. The quantitative estimate of drug-likeness (QED) is 0.133. The van der Waals surface area contributed by atoms with Gasteiger partial charge in [-0.2, -0.15) is 0 Å². The summed E-state index contributed by atoms with van der Waals surface area (Å²) in [5, 5.41) is 23.9. The molecule has 0 bridgehead atoms. The number of amides is 2. The van der Waals surface area contributed by atoms with Gasteiger partial charge < -0.3 is 25.2 Å². The topological polar surface area (TPSA) is 116 Å². The summed E-state index contributed by atoms with van der Waals surface area (Å²) in [6.07, 6.45) is 0.787. The number of nitrogens with zero attached hydrogens (tertiary/aromatic N) is 1. The number of aliphatic carboxylic acids is 2. The van der Waals surface area contributed by atoms with Gasteiger partial charge in [0.1, 0.15) is 5.75 Å². The number of para-hydroxylation sites is 1. The summed E-state index contributed by atoms with van der Waals surface area (Å²) in [6.45, 7) is 4.03. The van der Waals surface area contributed by atoms with Gasteiger partial charge in [-0.25, -0.2) is 9.59 Å². The van der Waals surface area contributed by atoms with Gasteiger partial charge >= 0.3 is 18.0 Å². The molecule has 4 aromatic rings. The van der Waals surface area contributed by atoms with Gasteiger partial charge in [0.25, 0.3) is 0 Å². The molecule has 4 aromatic carbocycles. The Morgan fingerprint density at radius 1 is 0.761 bits per heavy atom. The zero-order valence-electron chi connectivity index (χ0n) is 26.6. The molecule has 8 nitrogen and oxygen atoms in total. The van der Waals surface area contributed by atoms with E-state index in [9.17, 15) is 24.6 Å². The fourth-order valence-corrected chi connectivity index (χ4v) is 5.69. The highest BCUT2D eigenvalue weighted by Crippen LogP contribution is 2.35. The van der Waals surface area contributed by atoms with Crippen molar-refractivity contribution in [3.63, 3.8) is 0 Å². The van der Waals surface area contributed by atoms with Crippen LogP contribution in [0.15, 0.2) is 109 Å². The normalized spacial score (nSPS) is 13.0. The maximum Gasteiger partial charge on any atom is 0.334 e. The number of carbonyl (C=O) groups excluding carboxylic acids is 1. The molecule has 0 spiro atoms. The van der Waals surface area contributed by atoms with Crippen molar-refractivity contribution in [1.29, 1.82) is 0 Å². The van der Waals surface area contributed by atoms with Crippen LogP contribution in [0.4, 0.5) is 4.79 Å². The predicted octanol–water partition coefficient (Wildman–Crippen LogP) is 6.89. The average Bonchev–Trinajstić information content (AvgIpc) is 3.06. The van der Waals surface area contributed by atoms with E-state index in [-0.39, 0.29) is 31.0 Å². The molecule has 0 saturated carbocycles. The van der Waals surface area contributed by atoms with E-state index in [0.717, 1.165) is 16.7 Å². The molecule has 3 N–H and O–H groups in total. The number of benzene rings is 4. The van der Waals surface area contributed by atoms with Crippen molar-refractivity contribution in [2.45, 2.75) is 38.6 Å². The Morgan fingerprint density at radius 3 is 1.93 bits per heavy atom. The Balaban J connectivity index is 1.68. The number of carboxylic acid groups (broad SMARTS) is 2. The largest absolute Gasteiger partial charge is 0.496 e. The minimum atomic E-state index is -1.92. The molecule has 2 amide bonds. The van der Waals surface area contributed by atoms with Gasteiger partial charge in [-0.3, -0.25) is 4.79 Å². The highest BCUT2D eigenvalue weighted by molar-refractivity contribution is 5.89. The summed E-state index contributed by atoms with van der Waals surface area (Å²) in [5.41, 5.74) is 2.07. The minimum Gasteiger partial charge on any atom is -0.496 e. The van der Waals surface area contributed by atoms with Crippen LogP contribution in [0, 0.1) is 11.8 Å². The highest BCUT2D eigenvalue weighted by atomic mass is 16.5. The van der Waals surface area contributed by atoms with Gasteiger partial charge in [0, 0.05) is 25.1 Å². The first-order chi connectivity index (χ1) is 22.1. The van der Waals surface area contributed by atoms with Gasteiger partial charge in [-0.15, -0.1) is 0 Å². The lowest BCUT2D eigenvalue weighted by molar-refractivity contribution is -0.145. The van der Waals surface area contributed by atoms with Crippen LogP contribution in [-0.2, 0) is 28.0 Å². The van der Waals surface area contributed by atoms with Gasteiger partial charge in [0.15, 0.2) is 5.54 Å². The Labute approximate surface area is 270 Å². The number of urea groups is 1. The van der Waals surface area contributed by atoms with Crippen LogP contribution in [-0.4, -0.2) is 53.3 Å². The molecular weight excluding hydrogens is 580 g/mol. The molecule has 0 aliphatic heterocycles. The van der Waals surface area contributed by atoms with Crippen LogP contribution < -0.4 is 10.1 Å². The first-order valence-corrected chi connectivity index (χ1v) is 15.5. The van der Waals surface area contributed by atoms with Crippen molar-refractivity contribution in [2.75, 3.05) is 20.2 Å². The molecule has 0 saturated heterocycles. The lowest BCUT2D eigenvalue weighted by Gasteiger charge is -2.36. The summed E-state index contributed by atoms with van der Waals surface area (Å²) in [4.78, 5) is 41.3. The monoisotopic (exact) mass is 622 g/mol. The molecule has 0 aliphatic rings. The van der Waals surface area contributed by atoms with E-state index in [1.165, 1.54) is 12.0 Å². The molecule has 4 rings (SSSR count). The zero-order valence-corrected chi connectivity index (χ0v) is 26.6. The maximum atomic E-state index is 14.2. The molecule has 0 aliphatic carbocycles. The fraction of sp³-hybridized carbons (Fsp3) is 0.289. The SMILES string of the molecule is COc1ccccc1[C@](Cc1ccc(-c2ccccc2)cc1)(NC(=O)N(CC(C)C)CC(CCc1ccccc1)C(=O)O)C(=O)O. The summed E-state index contributed by atoms with van der Waals surface area (Å²) in [5.74, 6) is -2.80. The molecule has 0 heterocycles. The maximum absolute atomic E-state index is 14.2. The standard InChI is InChI=1S/C38H42N2O6/c1-27(2)25-40(26-32(35(41)42)23-18-28-12-6-4-7-13-28)37(45)39-38(36(43)44,33-16-10-11-17-34(33)46-3)24-29-19-21-31(22-20-29)30-14-8-5-9-15-30/h4-17,19-22,27,32H,18,23-26H2,1-3H3,(H,39,45)(H,41,42)(H,43,44)/t32?,38-/m0/s1. The van der Waals surface area contributed by atoms with Crippen LogP contribution in [0.1, 0.15) is 37.0 Å². The van der Waals surface area contributed by atoms with Crippen LogP contribution in [0.25, 0.3) is 11.1 Å². The number of carboxylic acids is 2. The average molecular weight is 623 g/mol. The molecular formula is C38H42N2O6. The first-order valence-electron chi connectivity index (χ1n) is 15.5. The minimum absolute atomic E-state index is 0.00494. The van der Waals surface area contributed by atoms with Crippen molar-refractivity contribution in [3.05, 3.63) is 126 Å². The van der Waals surface area contributed by atoms with Gasteiger partial charge in [0.05, 0.1) is 13.0 Å². The van der Waals surface area contributed by atoms with E-state index in [0.29, 0.717) is 24.2 Å². The Kier molecular flexibility index (Phi) is 11.6. The second kappa shape index (κ2) is 15.8. The first kappa shape index (κ1) is 33.8. The number of hydrogen-bond acceptors (Lipinski definition) is 4. The lowest BCUT2D eigenvalue weighted by Crippen LogP contribution is -2.58. The molecule has 8 heteroatoms. The lowest BCUT2D eigenvalue weighted by atomic mass is 9.82. The predicted molar refractivity (Wildman–Crippen MR) is 179 cm³/mol. The van der Waals surface area contributed by atoms with Crippen LogP contribution in [0.5, 0.6) is 5.75 Å². The number of nitrogens with one attached hydrogen (secondary N) is 1. The Hall–Kier alpha value is -5.11. The van der Waals surface area contributed by atoms with Crippen molar-refractivity contribution in [2.24, 2.45) is 11.8 Å². The molecule has 46 heavy (non-hydrogen) atoms. The number of ether oxygens (including phenoxy) is 1. The molecule has 2 atom stereocenters. The van der Waals surface area contributed by atoms with E-state index < -0.39 is 29.4 Å². The summed E-state index contributed by atoms with van der Waals surface area (Å²) in [7, 11) is 1.46. The van der Waals surface area contributed by atoms with E-state index >= 15 is 0 Å². The second-order valence-electron chi connectivity index (χ2n) is 11.9. The van der Waals surface area contributed by atoms with E-state index in [1.807, 2.05) is 98.8 Å². The van der Waals surface area contributed by atoms with Gasteiger partial charge in [-0.05, 0) is 47.1 Å². The van der Waals surface area contributed by atoms with Crippen LogP contribution >= 0.6 is 0 Å². The van der Waals surface area contributed by atoms with Crippen LogP contribution in [0.2, 0.25) is 0 Å². The molecule has 1 unspecified atom stereocenters. The third kappa shape index (κ3) is 8.53. The van der Waals surface area contributed by atoms with Gasteiger partial charge in [-0.1, -0.05) is 117 Å². The number of hydrogen-bond donors (Lipinski definition) is 3. The van der Waals surface area contributed by atoms with Crippen molar-refractivity contribution in [3.8, 4) is 16.9 Å². The Morgan fingerprint density at radius 2 is 1.35 bits per heavy atom. The summed E-state index contributed by atoms with van der Waals surface area (Å²) in [6, 6.07) is 33.1. The van der Waals surface area contributed by atoms with Crippen LogP contribution in [0.3, 0.4) is 0 Å². The van der Waals surface area contributed by atoms with Crippen molar-refractivity contribution < 1.29 is 29.3 Å². The van der Waals surface area contributed by atoms with Crippen molar-refractivity contribution >= 4 is 18.0 Å². The number of carbonyl (C=O) groups is 3. The van der Waals surface area contributed by atoms with E-state index in [2.05, 4.69) is 5.32 Å². The smallest absolute Gasteiger partial charge is 0.334 e. The number of methoxy groups -OCH3 is 1.